The first-order chi connectivity index (χ1) is 10.8. The number of nitrogens with one attached hydrogen (secondary N) is 1. The number of Topliss-reactive ketones (excluding diaryl/α,β-unsaturated/α-hetero) is 1. The molecule has 22 heavy (non-hydrogen) atoms. The molecule has 0 aliphatic rings. The Balaban J connectivity index is 0.00000135. The van der Waals surface area contributed by atoms with E-state index in [0.717, 1.165) is 12.0 Å². The number of carbonyl (C=O) groups excluding carboxylic acids is 1. The van der Waals surface area contributed by atoms with E-state index in [2.05, 4.69) is 12.2 Å². The van der Waals surface area contributed by atoms with E-state index >= 15 is 0 Å². The molecule has 2 nitrogen and oxygen atoms in total. The minimum Gasteiger partial charge on any atom is -0.323 e. The molecule has 1 aromatic rings. The number of ketones is 1. The Bertz CT molecular complexity index is 348. The quantitative estimate of drug-likeness (QED) is 0.424. The molecule has 0 aromatic heterocycles. The fourth-order valence-corrected chi connectivity index (χ4v) is 2.36. The van der Waals surface area contributed by atoms with Gasteiger partial charge in [0, 0.05) is 12.0 Å². The molecule has 0 radical (unpaired) electrons. The Morgan fingerprint density at radius 1 is 0.818 bits per heavy atom. The molecule has 2 heteroatoms. The number of rotatable bonds is 11. The van der Waals surface area contributed by atoms with Crippen LogP contribution in [0, 0.1) is 0 Å². The number of benzene rings is 1. The van der Waals surface area contributed by atoms with E-state index in [-0.39, 0.29) is 0 Å². The second-order valence-corrected chi connectivity index (χ2v) is 5.87. The Labute approximate surface area is 137 Å². The molecular formula is C20H35NO. The first-order valence-electron chi connectivity index (χ1n) is 8.93. The smallest absolute Gasteiger partial charge is 0.162 e. The van der Waals surface area contributed by atoms with Gasteiger partial charge in [-0.15, -0.1) is 0 Å². The molecule has 0 amide bonds. The summed E-state index contributed by atoms with van der Waals surface area (Å²) in [6, 6.07) is 9.65. The van der Waals surface area contributed by atoms with Crippen LogP contribution in [0.5, 0.6) is 0 Å². The van der Waals surface area contributed by atoms with E-state index < -0.39 is 0 Å². The maximum Gasteiger partial charge on any atom is 0.162 e. The maximum atomic E-state index is 11.9. The molecule has 1 rings (SSSR count). The van der Waals surface area contributed by atoms with Gasteiger partial charge in [0.05, 0.1) is 0 Å². The lowest BCUT2D eigenvalue weighted by atomic mass is 10.0. The monoisotopic (exact) mass is 305 g/mol. The van der Waals surface area contributed by atoms with Crippen LogP contribution in [-0.4, -0.2) is 19.9 Å². The third kappa shape index (κ3) is 12.6. The zero-order valence-corrected chi connectivity index (χ0v) is 14.9. The second kappa shape index (κ2) is 16.2. The highest BCUT2D eigenvalue weighted by Gasteiger charge is 2.03. The van der Waals surface area contributed by atoms with Gasteiger partial charge in [-0.25, -0.2) is 0 Å². The molecule has 0 aliphatic carbocycles. The summed E-state index contributed by atoms with van der Waals surface area (Å²) in [5.41, 5.74) is 0.863. The standard InChI is InChI=1S/C18H28O.C2H7N/c1-2-3-4-5-6-7-8-9-13-16-18(19)17-14-11-10-12-15-17;1-3-2/h10-12,14-15H,2-9,13,16H2,1H3;3H,1-2H3. The van der Waals surface area contributed by atoms with Crippen molar-refractivity contribution in [1.82, 2.24) is 5.32 Å². The maximum absolute atomic E-state index is 11.9. The summed E-state index contributed by atoms with van der Waals surface area (Å²) < 4.78 is 0. The second-order valence-electron chi connectivity index (χ2n) is 5.87. The zero-order chi connectivity index (χ0) is 16.5. The number of unbranched alkanes of at least 4 members (excludes halogenated alkanes) is 8. The Morgan fingerprint density at radius 3 is 1.77 bits per heavy atom. The van der Waals surface area contributed by atoms with Gasteiger partial charge < -0.3 is 5.32 Å². The van der Waals surface area contributed by atoms with E-state index in [0.29, 0.717) is 12.2 Å². The molecule has 0 spiro atoms. The topological polar surface area (TPSA) is 29.1 Å². The molecule has 0 saturated carbocycles. The summed E-state index contributed by atoms with van der Waals surface area (Å²) in [6.07, 6.45) is 12.4. The van der Waals surface area contributed by atoms with Crippen LogP contribution in [0.15, 0.2) is 30.3 Å². The molecule has 0 aliphatic heterocycles. The van der Waals surface area contributed by atoms with Crippen LogP contribution in [0.3, 0.4) is 0 Å². The minimum atomic E-state index is 0.295. The van der Waals surface area contributed by atoms with E-state index in [1.54, 1.807) is 0 Å². The third-order valence-electron chi connectivity index (χ3n) is 3.60. The molecule has 0 fully saturated rings. The summed E-state index contributed by atoms with van der Waals surface area (Å²) in [6.45, 7) is 2.25. The lowest BCUT2D eigenvalue weighted by Crippen LogP contribution is -1.98. The predicted octanol–water partition coefficient (Wildman–Crippen LogP) is 5.63. The third-order valence-corrected chi connectivity index (χ3v) is 3.60. The average Bonchev–Trinajstić information content (AvgIpc) is 2.54. The van der Waals surface area contributed by atoms with Crippen molar-refractivity contribution in [3.05, 3.63) is 35.9 Å². The number of carbonyl (C=O) groups is 1. The van der Waals surface area contributed by atoms with Gasteiger partial charge in [-0.2, -0.15) is 0 Å². The molecular weight excluding hydrogens is 270 g/mol. The predicted molar refractivity (Wildman–Crippen MR) is 97.6 cm³/mol. The van der Waals surface area contributed by atoms with Crippen LogP contribution in [0.1, 0.15) is 81.5 Å². The van der Waals surface area contributed by atoms with E-state index in [9.17, 15) is 4.79 Å². The molecule has 0 atom stereocenters. The average molecular weight is 306 g/mol. The summed E-state index contributed by atoms with van der Waals surface area (Å²) in [5.74, 6) is 0.295. The van der Waals surface area contributed by atoms with Crippen molar-refractivity contribution in [2.24, 2.45) is 0 Å². The molecule has 1 N–H and O–H groups in total. The number of hydrogen-bond donors (Lipinski definition) is 1. The Hall–Kier alpha value is -1.15. The van der Waals surface area contributed by atoms with Gasteiger partial charge in [0.15, 0.2) is 5.78 Å². The summed E-state index contributed by atoms with van der Waals surface area (Å²) in [4.78, 5) is 11.9. The highest BCUT2D eigenvalue weighted by atomic mass is 16.1. The van der Waals surface area contributed by atoms with Crippen molar-refractivity contribution in [3.8, 4) is 0 Å². The van der Waals surface area contributed by atoms with Crippen LogP contribution in [0.25, 0.3) is 0 Å². The van der Waals surface area contributed by atoms with E-state index in [4.69, 9.17) is 0 Å². The van der Waals surface area contributed by atoms with Crippen LogP contribution in [-0.2, 0) is 0 Å². The van der Waals surface area contributed by atoms with Crippen molar-refractivity contribution in [2.75, 3.05) is 14.1 Å². The fraction of sp³-hybridized carbons (Fsp3) is 0.650. The largest absolute Gasteiger partial charge is 0.323 e. The van der Waals surface area contributed by atoms with E-state index in [1.807, 2.05) is 44.4 Å². The Morgan fingerprint density at radius 2 is 1.27 bits per heavy atom. The Kier molecular flexibility index (Phi) is 15.4. The molecule has 126 valence electrons. The fourth-order valence-electron chi connectivity index (χ4n) is 2.36. The van der Waals surface area contributed by atoms with Crippen molar-refractivity contribution < 1.29 is 4.79 Å². The zero-order valence-electron chi connectivity index (χ0n) is 14.9. The minimum absolute atomic E-state index is 0.295. The molecule has 0 bridgehead atoms. The van der Waals surface area contributed by atoms with Crippen LogP contribution >= 0.6 is 0 Å². The summed E-state index contributed by atoms with van der Waals surface area (Å²) in [5, 5.41) is 2.75. The van der Waals surface area contributed by atoms with Crippen LogP contribution in [0.4, 0.5) is 0 Å². The molecule has 0 heterocycles. The van der Waals surface area contributed by atoms with Crippen LogP contribution in [0.2, 0.25) is 0 Å². The highest BCUT2D eigenvalue weighted by molar-refractivity contribution is 5.95. The highest BCUT2D eigenvalue weighted by Crippen LogP contribution is 2.12. The first-order valence-corrected chi connectivity index (χ1v) is 8.93. The normalized spacial score (nSPS) is 9.95. The lowest BCUT2D eigenvalue weighted by molar-refractivity contribution is 0.0979. The molecule has 0 unspecified atom stereocenters. The van der Waals surface area contributed by atoms with E-state index in [1.165, 1.54) is 51.4 Å². The van der Waals surface area contributed by atoms with Gasteiger partial charge >= 0.3 is 0 Å². The van der Waals surface area contributed by atoms with Crippen molar-refractivity contribution in [2.45, 2.75) is 71.1 Å². The van der Waals surface area contributed by atoms with Crippen molar-refractivity contribution >= 4 is 5.78 Å². The van der Waals surface area contributed by atoms with Crippen molar-refractivity contribution in [1.29, 1.82) is 0 Å². The van der Waals surface area contributed by atoms with Gasteiger partial charge in [-0.1, -0.05) is 88.6 Å². The van der Waals surface area contributed by atoms with Gasteiger partial charge in [0.25, 0.3) is 0 Å². The van der Waals surface area contributed by atoms with Gasteiger partial charge in [-0.3, -0.25) is 4.79 Å². The van der Waals surface area contributed by atoms with Gasteiger partial charge in [-0.05, 0) is 20.5 Å². The van der Waals surface area contributed by atoms with Crippen molar-refractivity contribution in [3.63, 3.8) is 0 Å². The summed E-state index contributed by atoms with van der Waals surface area (Å²) >= 11 is 0. The lowest BCUT2D eigenvalue weighted by Gasteiger charge is -2.02. The first kappa shape index (κ1) is 20.9. The summed E-state index contributed by atoms with van der Waals surface area (Å²) in [7, 11) is 3.75. The van der Waals surface area contributed by atoms with Gasteiger partial charge in [0.2, 0.25) is 0 Å². The molecule has 0 saturated heterocycles. The molecule has 1 aromatic carbocycles. The number of hydrogen-bond acceptors (Lipinski definition) is 2. The SMILES string of the molecule is CCCCCCCCCCCC(=O)c1ccccc1.CNC. The van der Waals surface area contributed by atoms with Gasteiger partial charge in [0.1, 0.15) is 0 Å². The van der Waals surface area contributed by atoms with Crippen LogP contribution < -0.4 is 5.32 Å².